The van der Waals surface area contributed by atoms with Crippen LogP contribution in [-0.2, 0) is 10.0 Å². The second kappa shape index (κ2) is 3.94. The summed E-state index contributed by atoms with van der Waals surface area (Å²) >= 11 is 0. The fraction of sp³-hybridized carbons (Fsp3) is 0.667. The molecule has 0 aromatic carbocycles. The first kappa shape index (κ1) is 10.6. The average Bonchev–Trinajstić information content (AvgIpc) is 2.72. The van der Waals surface area contributed by atoms with Crippen LogP contribution in [0.2, 0.25) is 0 Å². The zero-order valence-corrected chi connectivity index (χ0v) is 9.42. The van der Waals surface area contributed by atoms with Gasteiger partial charge in [0, 0.05) is 12.2 Å². The summed E-state index contributed by atoms with van der Waals surface area (Å²) in [7, 11) is -3.35. The highest BCUT2D eigenvalue weighted by molar-refractivity contribution is 7.89. The minimum atomic E-state index is -3.35. The predicted molar refractivity (Wildman–Crippen MR) is 55.7 cm³/mol. The number of nitrogens with zero attached hydrogens (tertiary/aromatic N) is 1. The average molecular weight is 229 g/mol. The Bertz CT molecular complexity index is 413. The molecule has 84 valence electrons. The zero-order valence-electron chi connectivity index (χ0n) is 8.60. The lowest BCUT2D eigenvalue weighted by Crippen LogP contribution is -2.26. The third-order valence-corrected chi connectivity index (χ3v) is 4.13. The van der Waals surface area contributed by atoms with Crippen LogP contribution in [0.4, 0.5) is 0 Å². The van der Waals surface area contributed by atoms with E-state index in [0.717, 1.165) is 19.3 Å². The van der Waals surface area contributed by atoms with Crippen molar-refractivity contribution in [3.63, 3.8) is 0 Å². The van der Waals surface area contributed by atoms with Crippen LogP contribution in [0.25, 0.3) is 0 Å². The van der Waals surface area contributed by atoms with E-state index < -0.39 is 10.0 Å². The van der Waals surface area contributed by atoms with E-state index in [4.69, 9.17) is 0 Å². The molecule has 6 heteroatoms. The number of rotatable bonds is 5. The van der Waals surface area contributed by atoms with Crippen LogP contribution in [0.15, 0.2) is 17.3 Å². The first-order chi connectivity index (χ1) is 7.13. The van der Waals surface area contributed by atoms with Gasteiger partial charge in [0.05, 0.1) is 6.20 Å². The molecule has 1 fully saturated rings. The van der Waals surface area contributed by atoms with Crippen LogP contribution in [-0.4, -0.2) is 24.7 Å². The van der Waals surface area contributed by atoms with Crippen molar-refractivity contribution >= 4 is 10.0 Å². The molecule has 0 amide bonds. The second-order valence-electron chi connectivity index (χ2n) is 3.95. The van der Waals surface area contributed by atoms with E-state index in [0.29, 0.717) is 5.92 Å². The van der Waals surface area contributed by atoms with Gasteiger partial charge in [-0.05, 0) is 18.8 Å². The Kier molecular flexibility index (Phi) is 2.79. The first-order valence-electron chi connectivity index (χ1n) is 5.14. The van der Waals surface area contributed by atoms with Gasteiger partial charge in [0.2, 0.25) is 10.0 Å². The summed E-state index contributed by atoms with van der Waals surface area (Å²) in [6.45, 7) is 2.11. The Morgan fingerprint density at radius 3 is 3.07 bits per heavy atom. The summed E-state index contributed by atoms with van der Waals surface area (Å²) in [6.07, 6.45) is 5.87. The molecular formula is C9H15N3O2S. The Hall–Kier alpha value is -0.880. The van der Waals surface area contributed by atoms with Crippen molar-refractivity contribution < 1.29 is 8.42 Å². The lowest BCUT2D eigenvalue weighted by molar-refractivity contribution is 0.573. The molecule has 15 heavy (non-hydrogen) atoms. The summed E-state index contributed by atoms with van der Waals surface area (Å²) in [5.74, 6) is 0.525. The summed E-state index contributed by atoms with van der Waals surface area (Å²) in [6, 6.07) is 0.129. The van der Waals surface area contributed by atoms with Crippen LogP contribution >= 0.6 is 0 Å². The van der Waals surface area contributed by atoms with E-state index in [1.165, 1.54) is 12.4 Å². The normalized spacial score (nSPS) is 25.4. The van der Waals surface area contributed by atoms with Gasteiger partial charge < -0.3 is 0 Å². The standard InChI is InChI=1S/C9H15N3O2S/c1-2-3-7-4-9(7)12-15(13,14)8-5-10-11-6-8/h5-7,9,12H,2-4H2,1H3,(H,10,11). The van der Waals surface area contributed by atoms with Crippen LogP contribution in [0.3, 0.4) is 0 Å². The molecule has 1 aliphatic carbocycles. The quantitative estimate of drug-likeness (QED) is 0.787. The zero-order chi connectivity index (χ0) is 10.9. The molecule has 0 spiro atoms. The molecule has 2 unspecified atom stereocenters. The van der Waals surface area contributed by atoms with Gasteiger partial charge in [-0.3, -0.25) is 5.10 Å². The summed E-state index contributed by atoms with van der Waals surface area (Å²) in [5.41, 5.74) is 0. The number of sulfonamides is 1. The minimum Gasteiger partial charge on any atom is -0.284 e. The molecule has 1 heterocycles. The van der Waals surface area contributed by atoms with E-state index >= 15 is 0 Å². The van der Waals surface area contributed by atoms with Crippen LogP contribution in [0, 0.1) is 5.92 Å². The smallest absolute Gasteiger partial charge is 0.243 e. The number of aromatic amines is 1. The Balaban J connectivity index is 1.96. The maximum atomic E-state index is 11.7. The number of nitrogens with one attached hydrogen (secondary N) is 2. The molecule has 1 aromatic heterocycles. The van der Waals surface area contributed by atoms with E-state index in [9.17, 15) is 8.42 Å². The maximum Gasteiger partial charge on any atom is 0.243 e. The molecule has 2 N–H and O–H groups in total. The molecule has 0 saturated heterocycles. The molecule has 2 rings (SSSR count). The Morgan fingerprint density at radius 2 is 2.47 bits per heavy atom. The third kappa shape index (κ3) is 2.38. The number of H-pyrrole nitrogens is 1. The SMILES string of the molecule is CCCC1CC1NS(=O)(=O)c1cn[nH]c1. The second-order valence-corrected chi connectivity index (χ2v) is 5.66. The van der Waals surface area contributed by atoms with Gasteiger partial charge in [-0.15, -0.1) is 0 Å². The maximum absolute atomic E-state index is 11.7. The molecule has 1 aromatic rings. The van der Waals surface area contributed by atoms with E-state index in [-0.39, 0.29) is 10.9 Å². The summed E-state index contributed by atoms with van der Waals surface area (Å²) in [4.78, 5) is 0.213. The fourth-order valence-corrected chi connectivity index (χ4v) is 2.96. The van der Waals surface area contributed by atoms with Gasteiger partial charge in [-0.2, -0.15) is 5.10 Å². The highest BCUT2D eigenvalue weighted by Crippen LogP contribution is 2.35. The highest BCUT2D eigenvalue weighted by Gasteiger charge is 2.39. The number of hydrogen-bond donors (Lipinski definition) is 2. The molecule has 1 aliphatic rings. The van der Waals surface area contributed by atoms with Gasteiger partial charge in [-0.1, -0.05) is 13.3 Å². The Morgan fingerprint density at radius 1 is 1.67 bits per heavy atom. The van der Waals surface area contributed by atoms with Crippen molar-refractivity contribution in [2.45, 2.75) is 37.1 Å². The van der Waals surface area contributed by atoms with Gasteiger partial charge in [0.25, 0.3) is 0 Å². The van der Waals surface area contributed by atoms with Crippen LogP contribution < -0.4 is 4.72 Å². The van der Waals surface area contributed by atoms with Crippen molar-refractivity contribution in [1.29, 1.82) is 0 Å². The molecule has 2 atom stereocenters. The van der Waals surface area contributed by atoms with Crippen molar-refractivity contribution in [3.05, 3.63) is 12.4 Å². The van der Waals surface area contributed by atoms with Gasteiger partial charge in [0.15, 0.2) is 0 Å². The van der Waals surface area contributed by atoms with E-state index in [1.54, 1.807) is 0 Å². The third-order valence-electron chi connectivity index (χ3n) is 2.67. The Labute approximate surface area is 89.3 Å². The van der Waals surface area contributed by atoms with Crippen molar-refractivity contribution in [3.8, 4) is 0 Å². The molecule has 0 aliphatic heterocycles. The lowest BCUT2D eigenvalue weighted by atomic mass is 10.2. The molecule has 0 radical (unpaired) electrons. The molecule has 1 saturated carbocycles. The highest BCUT2D eigenvalue weighted by atomic mass is 32.2. The number of hydrogen-bond acceptors (Lipinski definition) is 3. The van der Waals surface area contributed by atoms with Gasteiger partial charge in [0.1, 0.15) is 4.90 Å². The minimum absolute atomic E-state index is 0.129. The summed E-state index contributed by atoms with van der Waals surface area (Å²) in [5, 5.41) is 6.12. The molecular weight excluding hydrogens is 214 g/mol. The first-order valence-corrected chi connectivity index (χ1v) is 6.63. The topological polar surface area (TPSA) is 74.8 Å². The molecule has 0 bridgehead atoms. The van der Waals surface area contributed by atoms with Crippen LogP contribution in [0.5, 0.6) is 0 Å². The molecule has 5 nitrogen and oxygen atoms in total. The van der Waals surface area contributed by atoms with Crippen LogP contribution in [0.1, 0.15) is 26.2 Å². The van der Waals surface area contributed by atoms with Crippen molar-refractivity contribution in [2.75, 3.05) is 0 Å². The van der Waals surface area contributed by atoms with Gasteiger partial charge in [-0.25, -0.2) is 13.1 Å². The van der Waals surface area contributed by atoms with Gasteiger partial charge >= 0.3 is 0 Å². The van der Waals surface area contributed by atoms with Crippen molar-refractivity contribution in [1.82, 2.24) is 14.9 Å². The van der Waals surface area contributed by atoms with Crippen molar-refractivity contribution in [2.24, 2.45) is 5.92 Å². The van der Waals surface area contributed by atoms with E-state index in [1.807, 2.05) is 0 Å². The predicted octanol–water partition coefficient (Wildman–Crippen LogP) is 0.877. The fourth-order valence-electron chi connectivity index (χ4n) is 1.74. The number of aromatic nitrogens is 2. The van der Waals surface area contributed by atoms with E-state index in [2.05, 4.69) is 21.8 Å². The summed E-state index contributed by atoms with van der Waals surface area (Å²) < 4.78 is 26.1. The lowest BCUT2D eigenvalue weighted by Gasteiger charge is -2.02. The monoisotopic (exact) mass is 229 g/mol. The largest absolute Gasteiger partial charge is 0.284 e.